The summed E-state index contributed by atoms with van der Waals surface area (Å²) in [5.41, 5.74) is 0.648. The predicted octanol–water partition coefficient (Wildman–Crippen LogP) is 4.03. The van der Waals surface area contributed by atoms with Crippen LogP contribution in [0.15, 0.2) is 23.1 Å². The van der Waals surface area contributed by atoms with Gasteiger partial charge in [0.05, 0.1) is 4.90 Å². The number of halogens is 2. The van der Waals surface area contributed by atoms with E-state index in [0.29, 0.717) is 10.6 Å². The molecule has 0 N–H and O–H groups in total. The van der Waals surface area contributed by atoms with Gasteiger partial charge in [-0.2, -0.15) is 4.31 Å². The standard InChI is InChI=1S/C14H19Cl2NO2S/c1-3-12-5-4-10(2)17(12)20(18,19)13-6-7-14(16)11(8-13)9-15/h6-8,10,12H,3-5,9H2,1-2H3. The fourth-order valence-electron chi connectivity index (χ4n) is 2.80. The van der Waals surface area contributed by atoms with Gasteiger partial charge in [0, 0.05) is 23.0 Å². The first-order valence-electron chi connectivity index (χ1n) is 6.79. The van der Waals surface area contributed by atoms with Crippen molar-refractivity contribution in [1.82, 2.24) is 4.31 Å². The first kappa shape index (κ1) is 16.1. The monoisotopic (exact) mass is 335 g/mol. The molecule has 3 nitrogen and oxygen atoms in total. The first-order chi connectivity index (χ1) is 9.41. The summed E-state index contributed by atoms with van der Waals surface area (Å²) in [6, 6.07) is 4.88. The van der Waals surface area contributed by atoms with Crippen LogP contribution >= 0.6 is 23.2 Å². The Hall–Kier alpha value is -0.290. The molecule has 0 bridgehead atoms. The molecule has 0 aromatic heterocycles. The number of hydrogen-bond donors (Lipinski definition) is 0. The van der Waals surface area contributed by atoms with Crippen molar-refractivity contribution in [2.75, 3.05) is 0 Å². The van der Waals surface area contributed by atoms with E-state index in [1.165, 1.54) is 0 Å². The average Bonchev–Trinajstić information content (AvgIpc) is 2.80. The highest BCUT2D eigenvalue weighted by molar-refractivity contribution is 7.89. The molecule has 1 heterocycles. The maximum Gasteiger partial charge on any atom is 0.243 e. The lowest BCUT2D eigenvalue weighted by Crippen LogP contribution is -2.39. The van der Waals surface area contributed by atoms with Gasteiger partial charge in [-0.25, -0.2) is 8.42 Å². The third-order valence-electron chi connectivity index (χ3n) is 3.92. The van der Waals surface area contributed by atoms with E-state index in [-0.39, 0.29) is 22.9 Å². The smallest absolute Gasteiger partial charge is 0.207 e. The Morgan fingerprint density at radius 2 is 2.05 bits per heavy atom. The number of benzene rings is 1. The van der Waals surface area contributed by atoms with Crippen molar-refractivity contribution in [3.05, 3.63) is 28.8 Å². The van der Waals surface area contributed by atoms with Gasteiger partial charge in [-0.15, -0.1) is 11.6 Å². The molecule has 1 aromatic rings. The van der Waals surface area contributed by atoms with Crippen LogP contribution in [0.25, 0.3) is 0 Å². The number of rotatable bonds is 4. The third-order valence-corrected chi connectivity index (χ3v) is 6.64. The molecule has 0 radical (unpaired) electrons. The highest BCUT2D eigenvalue weighted by Gasteiger charge is 2.39. The quantitative estimate of drug-likeness (QED) is 0.779. The molecule has 1 aliphatic heterocycles. The molecule has 112 valence electrons. The summed E-state index contributed by atoms with van der Waals surface area (Å²) in [5.74, 6) is 0.203. The number of hydrogen-bond acceptors (Lipinski definition) is 2. The minimum absolute atomic E-state index is 0.0417. The fraction of sp³-hybridized carbons (Fsp3) is 0.571. The zero-order chi connectivity index (χ0) is 14.9. The molecule has 0 saturated carbocycles. The summed E-state index contributed by atoms with van der Waals surface area (Å²) in [5, 5.41) is 0.500. The van der Waals surface area contributed by atoms with Gasteiger partial charge in [0.15, 0.2) is 0 Å². The Balaban J connectivity index is 2.44. The van der Waals surface area contributed by atoms with Gasteiger partial charge in [0.25, 0.3) is 0 Å². The maximum absolute atomic E-state index is 12.8. The second-order valence-corrected chi connectivity index (χ2v) is 7.73. The summed E-state index contributed by atoms with van der Waals surface area (Å²) >= 11 is 11.8. The fourth-order valence-corrected chi connectivity index (χ4v) is 5.28. The number of sulfonamides is 1. The van der Waals surface area contributed by atoms with Crippen LogP contribution in [0.1, 0.15) is 38.7 Å². The molecule has 6 heteroatoms. The summed E-state index contributed by atoms with van der Waals surface area (Å²) in [7, 11) is -3.48. The summed E-state index contributed by atoms with van der Waals surface area (Å²) in [4.78, 5) is 0.282. The predicted molar refractivity (Wildman–Crippen MR) is 82.8 cm³/mol. The zero-order valence-electron chi connectivity index (χ0n) is 11.6. The summed E-state index contributed by atoms with van der Waals surface area (Å²) in [6.45, 7) is 3.99. The Bertz CT molecular complexity index is 589. The van der Waals surface area contributed by atoms with Crippen molar-refractivity contribution in [1.29, 1.82) is 0 Å². The van der Waals surface area contributed by atoms with Crippen LogP contribution in [0, 0.1) is 0 Å². The molecule has 2 atom stereocenters. The van der Waals surface area contributed by atoms with E-state index in [1.54, 1.807) is 22.5 Å². The molecule has 0 spiro atoms. The topological polar surface area (TPSA) is 37.4 Å². The molecule has 1 aromatic carbocycles. The van der Waals surface area contributed by atoms with E-state index in [1.807, 2.05) is 13.8 Å². The van der Waals surface area contributed by atoms with E-state index in [4.69, 9.17) is 23.2 Å². The van der Waals surface area contributed by atoms with Crippen molar-refractivity contribution in [3.63, 3.8) is 0 Å². The third kappa shape index (κ3) is 2.84. The van der Waals surface area contributed by atoms with E-state index >= 15 is 0 Å². The molecule has 1 aliphatic rings. The highest BCUT2D eigenvalue weighted by Crippen LogP contribution is 2.33. The molecule has 2 rings (SSSR count). The van der Waals surface area contributed by atoms with Crippen LogP contribution in [-0.2, 0) is 15.9 Å². The van der Waals surface area contributed by atoms with Crippen molar-refractivity contribution in [2.45, 2.75) is 56.0 Å². The van der Waals surface area contributed by atoms with Gasteiger partial charge >= 0.3 is 0 Å². The van der Waals surface area contributed by atoms with Crippen molar-refractivity contribution in [3.8, 4) is 0 Å². The van der Waals surface area contributed by atoms with Crippen LogP contribution in [-0.4, -0.2) is 24.8 Å². The van der Waals surface area contributed by atoms with Crippen molar-refractivity contribution >= 4 is 33.2 Å². The van der Waals surface area contributed by atoms with Gasteiger partial charge in [0.2, 0.25) is 10.0 Å². The van der Waals surface area contributed by atoms with Gasteiger partial charge in [-0.1, -0.05) is 18.5 Å². The van der Waals surface area contributed by atoms with Gasteiger partial charge in [0.1, 0.15) is 0 Å². The molecule has 0 amide bonds. The van der Waals surface area contributed by atoms with E-state index in [9.17, 15) is 8.42 Å². The molecule has 1 fully saturated rings. The zero-order valence-corrected chi connectivity index (χ0v) is 14.0. The second kappa shape index (κ2) is 6.22. The van der Waals surface area contributed by atoms with Crippen molar-refractivity contribution in [2.24, 2.45) is 0 Å². The maximum atomic E-state index is 12.8. The minimum atomic E-state index is -3.48. The lowest BCUT2D eigenvalue weighted by atomic mass is 10.2. The SMILES string of the molecule is CCC1CCC(C)N1S(=O)(=O)c1ccc(Cl)c(CCl)c1. The second-order valence-electron chi connectivity index (χ2n) is 5.21. The average molecular weight is 336 g/mol. The number of alkyl halides is 1. The summed E-state index contributed by atoms with van der Waals surface area (Å²) in [6.07, 6.45) is 2.67. The van der Waals surface area contributed by atoms with Gasteiger partial charge in [-0.05, 0) is 49.9 Å². The van der Waals surface area contributed by atoms with Gasteiger partial charge < -0.3 is 0 Å². The Labute approximate surface area is 130 Å². The first-order valence-corrected chi connectivity index (χ1v) is 9.15. The van der Waals surface area contributed by atoms with Crippen LogP contribution in [0.4, 0.5) is 0 Å². The molecule has 1 saturated heterocycles. The van der Waals surface area contributed by atoms with Crippen LogP contribution < -0.4 is 0 Å². The highest BCUT2D eigenvalue weighted by atomic mass is 35.5. The number of nitrogens with zero attached hydrogens (tertiary/aromatic N) is 1. The molecular formula is C14H19Cl2NO2S. The van der Waals surface area contributed by atoms with Gasteiger partial charge in [-0.3, -0.25) is 0 Å². The molecule has 2 unspecified atom stereocenters. The Morgan fingerprint density at radius 3 is 2.65 bits per heavy atom. The van der Waals surface area contributed by atoms with Crippen LogP contribution in [0.3, 0.4) is 0 Å². The van der Waals surface area contributed by atoms with Crippen LogP contribution in [0.2, 0.25) is 5.02 Å². The van der Waals surface area contributed by atoms with Crippen molar-refractivity contribution < 1.29 is 8.42 Å². The van der Waals surface area contributed by atoms with Crippen LogP contribution in [0.5, 0.6) is 0 Å². The normalized spacial score (nSPS) is 24.2. The lowest BCUT2D eigenvalue weighted by molar-refractivity contribution is 0.328. The Kier molecular flexibility index (Phi) is 5.00. The molecular weight excluding hydrogens is 317 g/mol. The van der Waals surface area contributed by atoms with E-state index < -0.39 is 10.0 Å². The lowest BCUT2D eigenvalue weighted by Gasteiger charge is -2.27. The van der Waals surface area contributed by atoms with E-state index in [2.05, 4.69) is 0 Å². The largest absolute Gasteiger partial charge is 0.243 e. The van der Waals surface area contributed by atoms with E-state index in [0.717, 1.165) is 19.3 Å². The molecule has 0 aliphatic carbocycles. The minimum Gasteiger partial charge on any atom is -0.207 e. The summed E-state index contributed by atoms with van der Waals surface area (Å²) < 4.78 is 27.3. The molecule has 20 heavy (non-hydrogen) atoms. The Morgan fingerprint density at radius 1 is 1.35 bits per heavy atom.